The van der Waals surface area contributed by atoms with Gasteiger partial charge in [0.25, 0.3) is 0 Å². The molecule has 0 radical (unpaired) electrons. The maximum Gasteiger partial charge on any atom is 0.123 e. The van der Waals surface area contributed by atoms with Crippen LogP contribution in [0.2, 0.25) is 5.02 Å². The van der Waals surface area contributed by atoms with Gasteiger partial charge in [-0.25, -0.2) is 0 Å². The van der Waals surface area contributed by atoms with E-state index in [4.69, 9.17) is 16.3 Å². The molecule has 106 valence electrons. The Morgan fingerprint density at radius 1 is 1.53 bits per heavy atom. The van der Waals surface area contributed by atoms with Gasteiger partial charge in [0.15, 0.2) is 0 Å². The van der Waals surface area contributed by atoms with Gasteiger partial charge in [-0.15, -0.1) is 0 Å². The van der Waals surface area contributed by atoms with Gasteiger partial charge in [-0.3, -0.25) is 0 Å². The van der Waals surface area contributed by atoms with E-state index in [9.17, 15) is 0 Å². The summed E-state index contributed by atoms with van der Waals surface area (Å²) in [6, 6.07) is 6.17. The van der Waals surface area contributed by atoms with E-state index >= 15 is 0 Å². The summed E-state index contributed by atoms with van der Waals surface area (Å²) < 4.78 is 5.74. The van der Waals surface area contributed by atoms with Crippen molar-refractivity contribution >= 4 is 23.4 Å². The molecule has 2 rings (SSSR count). The van der Waals surface area contributed by atoms with Gasteiger partial charge in [-0.05, 0) is 50.3 Å². The van der Waals surface area contributed by atoms with Gasteiger partial charge in [0.05, 0.1) is 13.2 Å². The first-order valence-electron chi connectivity index (χ1n) is 6.81. The Labute approximate surface area is 125 Å². The Balaban J connectivity index is 2.40. The number of nitrogens with one attached hydrogen (secondary N) is 1. The third-order valence-electron chi connectivity index (χ3n) is 3.77. The van der Waals surface area contributed by atoms with Crippen LogP contribution in [0.1, 0.15) is 38.3 Å². The van der Waals surface area contributed by atoms with E-state index in [2.05, 4.69) is 30.9 Å². The highest BCUT2D eigenvalue weighted by Gasteiger charge is 2.39. The SMILES string of the molecule is CCNC(c1cc(Cl)ccc1OC)C1(C)CCCS1. The molecule has 4 heteroatoms. The van der Waals surface area contributed by atoms with Crippen LogP contribution in [0.25, 0.3) is 0 Å². The Morgan fingerprint density at radius 3 is 2.89 bits per heavy atom. The quantitative estimate of drug-likeness (QED) is 0.876. The highest BCUT2D eigenvalue weighted by molar-refractivity contribution is 8.00. The van der Waals surface area contributed by atoms with Crippen LogP contribution < -0.4 is 10.1 Å². The molecule has 2 nitrogen and oxygen atoms in total. The number of benzene rings is 1. The van der Waals surface area contributed by atoms with E-state index in [0.29, 0.717) is 0 Å². The third-order valence-corrected chi connectivity index (χ3v) is 5.60. The van der Waals surface area contributed by atoms with Crippen molar-refractivity contribution < 1.29 is 4.74 Å². The van der Waals surface area contributed by atoms with Crippen LogP contribution in [-0.2, 0) is 0 Å². The minimum Gasteiger partial charge on any atom is -0.496 e. The van der Waals surface area contributed by atoms with Crippen molar-refractivity contribution in [1.82, 2.24) is 5.32 Å². The minimum atomic E-state index is 0.216. The number of halogens is 1. The second kappa shape index (κ2) is 6.38. The molecule has 1 heterocycles. The number of hydrogen-bond acceptors (Lipinski definition) is 3. The van der Waals surface area contributed by atoms with Crippen LogP contribution in [0.3, 0.4) is 0 Å². The van der Waals surface area contributed by atoms with E-state index in [1.807, 2.05) is 18.2 Å². The Hall–Kier alpha value is -0.380. The molecule has 1 aromatic carbocycles. The lowest BCUT2D eigenvalue weighted by atomic mass is 9.89. The summed E-state index contributed by atoms with van der Waals surface area (Å²) >= 11 is 8.23. The molecule has 2 unspecified atom stereocenters. The number of ether oxygens (including phenoxy) is 1. The molecule has 2 atom stereocenters. The predicted molar refractivity (Wildman–Crippen MR) is 84.5 cm³/mol. The monoisotopic (exact) mass is 299 g/mol. The summed E-state index contributed by atoms with van der Waals surface area (Å²) in [4.78, 5) is 0. The minimum absolute atomic E-state index is 0.216. The summed E-state index contributed by atoms with van der Waals surface area (Å²) in [6.07, 6.45) is 2.51. The molecule has 0 amide bonds. The summed E-state index contributed by atoms with van der Waals surface area (Å²) in [5.74, 6) is 2.16. The zero-order valence-corrected chi connectivity index (χ0v) is 13.4. The van der Waals surface area contributed by atoms with Crippen molar-refractivity contribution in [2.75, 3.05) is 19.4 Å². The topological polar surface area (TPSA) is 21.3 Å². The molecule has 0 spiro atoms. The molecule has 1 aliphatic rings. The fourth-order valence-corrected chi connectivity index (χ4v) is 4.42. The Morgan fingerprint density at radius 2 is 2.32 bits per heavy atom. The molecule has 1 N–H and O–H groups in total. The molecule has 0 aromatic heterocycles. The van der Waals surface area contributed by atoms with Crippen molar-refractivity contribution in [2.24, 2.45) is 0 Å². The van der Waals surface area contributed by atoms with Crippen LogP contribution >= 0.6 is 23.4 Å². The second-order valence-corrected chi connectivity index (χ2v) is 7.21. The first-order chi connectivity index (χ1) is 9.10. The third kappa shape index (κ3) is 3.21. The summed E-state index contributed by atoms with van der Waals surface area (Å²) in [6.45, 7) is 5.43. The molecule has 19 heavy (non-hydrogen) atoms. The summed E-state index contributed by atoms with van der Waals surface area (Å²) in [5, 5.41) is 4.39. The first-order valence-corrected chi connectivity index (χ1v) is 8.18. The van der Waals surface area contributed by atoms with E-state index in [-0.39, 0.29) is 10.8 Å². The summed E-state index contributed by atoms with van der Waals surface area (Å²) in [7, 11) is 1.72. The molecule has 1 fully saturated rings. The zero-order valence-electron chi connectivity index (χ0n) is 11.8. The lowest BCUT2D eigenvalue weighted by molar-refractivity contribution is 0.375. The standard InChI is InChI=1S/C15H22ClNOS/c1-4-17-14(15(2)8-5-9-19-15)12-10-11(16)6-7-13(12)18-3/h6-7,10,14,17H,4-5,8-9H2,1-3H3. The number of methoxy groups -OCH3 is 1. The smallest absolute Gasteiger partial charge is 0.123 e. The number of thioether (sulfide) groups is 1. The van der Waals surface area contributed by atoms with Gasteiger partial charge in [-0.2, -0.15) is 11.8 Å². The predicted octanol–water partition coefficient (Wildman–Crippen LogP) is 4.28. The van der Waals surface area contributed by atoms with E-state index in [1.54, 1.807) is 7.11 Å². The van der Waals surface area contributed by atoms with Gasteiger partial charge in [0.1, 0.15) is 5.75 Å². The first kappa shape index (κ1) is 15.0. The number of rotatable bonds is 5. The Bertz CT molecular complexity index is 432. The van der Waals surface area contributed by atoms with Crippen LogP contribution in [-0.4, -0.2) is 24.2 Å². The van der Waals surface area contributed by atoms with E-state index < -0.39 is 0 Å². The lowest BCUT2D eigenvalue weighted by Crippen LogP contribution is -2.37. The van der Waals surface area contributed by atoms with Crippen molar-refractivity contribution in [2.45, 2.75) is 37.5 Å². The Kier molecular flexibility index (Phi) is 5.04. The van der Waals surface area contributed by atoms with Gasteiger partial charge in [0, 0.05) is 15.3 Å². The van der Waals surface area contributed by atoms with Crippen LogP contribution in [0.5, 0.6) is 5.75 Å². The van der Waals surface area contributed by atoms with Crippen LogP contribution in [0.4, 0.5) is 0 Å². The van der Waals surface area contributed by atoms with Gasteiger partial charge in [0.2, 0.25) is 0 Å². The second-order valence-electron chi connectivity index (χ2n) is 5.14. The molecule has 1 saturated heterocycles. The molecular formula is C15H22ClNOS. The maximum atomic E-state index is 6.18. The van der Waals surface area contributed by atoms with Gasteiger partial charge in [-0.1, -0.05) is 18.5 Å². The normalized spacial score (nSPS) is 24.4. The largest absolute Gasteiger partial charge is 0.496 e. The van der Waals surface area contributed by atoms with Crippen molar-refractivity contribution in [3.8, 4) is 5.75 Å². The van der Waals surface area contributed by atoms with Crippen molar-refractivity contribution in [3.63, 3.8) is 0 Å². The maximum absolute atomic E-state index is 6.18. The molecule has 0 saturated carbocycles. The lowest BCUT2D eigenvalue weighted by Gasteiger charge is -2.35. The van der Waals surface area contributed by atoms with Gasteiger partial charge >= 0.3 is 0 Å². The van der Waals surface area contributed by atoms with Crippen molar-refractivity contribution in [1.29, 1.82) is 0 Å². The average molecular weight is 300 g/mol. The number of hydrogen-bond donors (Lipinski definition) is 1. The summed E-state index contributed by atoms with van der Waals surface area (Å²) in [5.41, 5.74) is 1.17. The average Bonchev–Trinajstić information content (AvgIpc) is 2.83. The van der Waals surface area contributed by atoms with Crippen LogP contribution in [0, 0.1) is 0 Å². The van der Waals surface area contributed by atoms with Crippen molar-refractivity contribution in [3.05, 3.63) is 28.8 Å². The van der Waals surface area contributed by atoms with E-state index in [0.717, 1.165) is 17.3 Å². The zero-order chi connectivity index (χ0) is 13.9. The molecule has 0 aliphatic carbocycles. The molecule has 1 aliphatic heterocycles. The molecular weight excluding hydrogens is 278 g/mol. The molecule has 0 bridgehead atoms. The van der Waals surface area contributed by atoms with E-state index in [1.165, 1.54) is 24.2 Å². The highest BCUT2D eigenvalue weighted by atomic mass is 35.5. The molecule has 1 aromatic rings. The van der Waals surface area contributed by atoms with Crippen LogP contribution in [0.15, 0.2) is 18.2 Å². The van der Waals surface area contributed by atoms with Gasteiger partial charge < -0.3 is 10.1 Å². The fourth-order valence-electron chi connectivity index (χ4n) is 2.82. The fraction of sp³-hybridized carbons (Fsp3) is 0.600. The highest BCUT2D eigenvalue weighted by Crippen LogP contribution is 2.48.